The monoisotopic (exact) mass is 397 g/mol. The topological polar surface area (TPSA) is 81.2 Å². The van der Waals surface area contributed by atoms with E-state index in [4.69, 9.17) is 14.2 Å². The Hall–Kier alpha value is -3.06. The van der Waals surface area contributed by atoms with Crippen LogP contribution in [0.15, 0.2) is 47.5 Å². The average Bonchev–Trinajstić information content (AvgIpc) is 3.26. The Morgan fingerprint density at radius 2 is 1.90 bits per heavy atom. The van der Waals surface area contributed by atoms with E-state index in [-0.39, 0.29) is 12.0 Å². The molecular weight excluding hydrogens is 370 g/mol. The molecule has 2 N–H and O–H groups in total. The molecule has 1 atom stereocenters. The lowest BCUT2D eigenvalue weighted by atomic mass is 10.2. The maximum Gasteiger partial charge on any atom is 0.258 e. The molecule has 0 radical (unpaired) electrons. The Labute approximate surface area is 171 Å². The van der Waals surface area contributed by atoms with Gasteiger partial charge in [0, 0.05) is 23.9 Å². The molecule has 0 aliphatic carbocycles. The number of hydrogen-bond acceptors (Lipinski definition) is 5. The lowest BCUT2D eigenvalue weighted by molar-refractivity contribution is 0.0975. The standard InChI is InChI=1S/C22H27N3O4/c1-15-7-4-5-9-20(15)24-22(23-14-17-8-6-10-29-17)25-21(26)16-11-18(27-2)13-19(12-16)28-3/h4-5,7,9,11-13,17H,6,8,10,14H2,1-3H3,(H2,23,24,25,26). The van der Waals surface area contributed by atoms with Crippen molar-refractivity contribution in [3.8, 4) is 11.5 Å². The number of aryl methyl sites for hydroxylation is 1. The minimum Gasteiger partial charge on any atom is -0.497 e. The summed E-state index contributed by atoms with van der Waals surface area (Å²) in [4.78, 5) is 17.5. The second kappa shape index (κ2) is 9.93. The number of anilines is 1. The molecule has 7 heteroatoms. The fraction of sp³-hybridized carbons (Fsp3) is 0.364. The van der Waals surface area contributed by atoms with E-state index in [1.807, 2.05) is 31.2 Å². The third-order valence-corrected chi connectivity index (χ3v) is 4.72. The maximum atomic E-state index is 12.9. The van der Waals surface area contributed by atoms with Gasteiger partial charge in [-0.2, -0.15) is 0 Å². The van der Waals surface area contributed by atoms with Crippen LogP contribution in [0.4, 0.5) is 5.69 Å². The summed E-state index contributed by atoms with van der Waals surface area (Å²) < 4.78 is 16.2. The molecule has 0 saturated carbocycles. The van der Waals surface area contributed by atoms with Crippen LogP contribution in [0.2, 0.25) is 0 Å². The van der Waals surface area contributed by atoms with E-state index < -0.39 is 0 Å². The minimum atomic E-state index is -0.311. The van der Waals surface area contributed by atoms with Crippen LogP contribution in [0.5, 0.6) is 11.5 Å². The van der Waals surface area contributed by atoms with E-state index in [1.165, 1.54) is 0 Å². The quantitative estimate of drug-likeness (QED) is 0.577. The van der Waals surface area contributed by atoms with Gasteiger partial charge < -0.3 is 19.5 Å². The van der Waals surface area contributed by atoms with Crippen LogP contribution in [0.3, 0.4) is 0 Å². The summed E-state index contributed by atoms with van der Waals surface area (Å²) in [7, 11) is 3.09. The lowest BCUT2D eigenvalue weighted by Crippen LogP contribution is -2.37. The van der Waals surface area contributed by atoms with Crippen molar-refractivity contribution in [1.82, 2.24) is 5.32 Å². The Morgan fingerprint density at radius 1 is 1.17 bits per heavy atom. The number of nitrogens with one attached hydrogen (secondary N) is 2. The number of amides is 1. The number of nitrogens with zero attached hydrogens (tertiary/aromatic N) is 1. The van der Waals surface area contributed by atoms with Crippen molar-refractivity contribution < 1.29 is 19.0 Å². The highest BCUT2D eigenvalue weighted by molar-refractivity contribution is 6.10. The van der Waals surface area contributed by atoms with E-state index in [0.29, 0.717) is 29.6 Å². The number of guanidine groups is 1. The van der Waals surface area contributed by atoms with Crippen molar-refractivity contribution in [2.75, 3.05) is 32.7 Å². The first kappa shape index (κ1) is 20.7. The minimum absolute atomic E-state index is 0.0810. The van der Waals surface area contributed by atoms with E-state index in [0.717, 1.165) is 30.7 Å². The van der Waals surface area contributed by atoms with Gasteiger partial charge in [-0.05, 0) is 43.5 Å². The van der Waals surface area contributed by atoms with Gasteiger partial charge in [-0.1, -0.05) is 18.2 Å². The highest BCUT2D eigenvalue weighted by atomic mass is 16.5. The smallest absolute Gasteiger partial charge is 0.258 e. The summed E-state index contributed by atoms with van der Waals surface area (Å²) >= 11 is 0. The van der Waals surface area contributed by atoms with Crippen LogP contribution in [-0.2, 0) is 4.74 Å². The molecule has 1 fully saturated rings. The van der Waals surface area contributed by atoms with E-state index in [9.17, 15) is 4.79 Å². The molecular formula is C22H27N3O4. The molecule has 0 aromatic heterocycles. The zero-order chi connectivity index (χ0) is 20.6. The third kappa shape index (κ3) is 5.71. The molecule has 2 aromatic carbocycles. The summed E-state index contributed by atoms with van der Waals surface area (Å²) in [5.74, 6) is 1.15. The van der Waals surface area contributed by atoms with Crippen LogP contribution < -0.4 is 20.1 Å². The Balaban J connectivity index is 1.80. The summed E-state index contributed by atoms with van der Waals surface area (Å²) in [6.45, 7) is 3.24. The SMILES string of the molecule is COc1cc(OC)cc(C(=O)NC(=NCC2CCCO2)Nc2ccccc2C)c1. The lowest BCUT2D eigenvalue weighted by Gasteiger charge is -2.15. The van der Waals surface area contributed by atoms with Crippen LogP contribution in [0.1, 0.15) is 28.8 Å². The first-order chi connectivity index (χ1) is 14.1. The molecule has 1 aliphatic rings. The van der Waals surface area contributed by atoms with Crippen LogP contribution in [0, 0.1) is 6.92 Å². The molecule has 0 spiro atoms. The van der Waals surface area contributed by atoms with Gasteiger partial charge in [0.25, 0.3) is 5.91 Å². The van der Waals surface area contributed by atoms with Gasteiger partial charge in [-0.25, -0.2) is 4.99 Å². The molecule has 1 unspecified atom stereocenters. The number of rotatable bonds is 6. The highest BCUT2D eigenvalue weighted by Crippen LogP contribution is 2.22. The largest absolute Gasteiger partial charge is 0.497 e. The molecule has 1 aliphatic heterocycles. The molecule has 2 aromatic rings. The number of benzene rings is 2. The van der Waals surface area contributed by atoms with Gasteiger partial charge in [0.05, 0.1) is 26.9 Å². The van der Waals surface area contributed by atoms with Crippen molar-refractivity contribution in [2.45, 2.75) is 25.9 Å². The third-order valence-electron chi connectivity index (χ3n) is 4.72. The van der Waals surface area contributed by atoms with Gasteiger partial charge in [0.15, 0.2) is 0 Å². The van der Waals surface area contributed by atoms with Crippen LogP contribution >= 0.6 is 0 Å². The second-order valence-electron chi connectivity index (χ2n) is 6.82. The van der Waals surface area contributed by atoms with Crippen molar-refractivity contribution in [1.29, 1.82) is 0 Å². The van der Waals surface area contributed by atoms with Crippen molar-refractivity contribution in [3.05, 3.63) is 53.6 Å². The van der Waals surface area contributed by atoms with Gasteiger partial charge in [-0.3, -0.25) is 10.1 Å². The fourth-order valence-corrected chi connectivity index (χ4v) is 3.05. The van der Waals surface area contributed by atoms with E-state index >= 15 is 0 Å². The molecule has 7 nitrogen and oxygen atoms in total. The second-order valence-corrected chi connectivity index (χ2v) is 6.82. The Morgan fingerprint density at radius 3 is 2.52 bits per heavy atom. The molecule has 154 valence electrons. The first-order valence-corrected chi connectivity index (χ1v) is 9.62. The molecule has 0 bridgehead atoms. The van der Waals surface area contributed by atoms with Crippen LogP contribution in [-0.4, -0.2) is 45.3 Å². The molecule has 3 rings (SSSR count). The highest BCUT2D eigenvalue weighted by Gasteiger charge is 2.17. The predicted molar refractivity (Wildman–Crippen MR) is 113 cm³/mol. The summed E-state index contributed by atoms with van der Waals surface area (Å²) in [6.07, 6.45) is 2.09. The molecule has 1 amide bonds. The van der Waals surface area contributed by atoms with Gasteiger partial charge in [-0.15, -0.1) is 0 Å². The number of para-hydroxylation sites is 1. The van der Waals surface area contributed by atoms with Crippen molar-refractivity contribution in [2.24, 2.45) is 4.99 Å². The van der Waals surface area contributed by atoms with E-state index in [1.54, 1.807) is 32.4 Å². The fourth-order valence-electron chi connectivity index (χ4n) is 3.05. The zero-order valence-corrected chi connectivity index (χ0v) is 17.0. The van der Waals surface area contributed by atoms with Gasteiger partial charge in [0.2, 0.25) is 5.96 Å². The Kier molecular flexibility index (Phi) is 7.08. The van der Waals surface area contributed by atoms with Crippen molar-refractivity contribution in [3.63, 3.8) is 0 Å². The van der Waals surface area contributed by atoms with Crippen LogP contribution in [0.25, 0.3) is 0 Å². The normalized spacial score (nSPS) is 16.4. The summed E-state index contributed by atoms with van der Waals surface area (Å²) in [5, 5.41) is 6.10. The number of carbonyl (C=O) groups excluding carboxylic acids is 1. The average molecular weight is 397 g/mol. The number of hydrogen-bond donors (Lipinski definition) is 2. The van der Waals surface area contributed by atoms with Gasteiger partial charge in [0.1, 0.15) is 11.5 Å². The predicted octanol–water partition coefficient (Wildman–Crippen LogP) is 3.39. The summed E-state index contributed by atoms with van der Waals surface area (Å²) in [5.41, 5.74) is 2.34. The Bertz CT molecular complexity index is 854. The summed E-state index contributed by atoms with van der Waals surface area (Å²) in [6, 6.07) is 12.9. The number of aliphatic imine (C=N–C) groups is 1. The number of methoxy groups -OCH3 is 2. The van der Waals surface area contributed by atoms with Gasteiger partial charge >= 0.3 is 0 Å². The zero-order valence-electron chi connectivity index (χ0n) is 17.0. The first-order valence-electron chi connectivity index (χ1n) is 9.62. The molecule has 29 heavy (non-hydrogen) atoms. The molecule has 1 heterocycles. The molecule has 1 saturated heterocycles. The number of carbonyl (C=O) groups is 1. The van der Waals surface area contributed by atoms with Crippen molar-refractivity contribution >= 4 is 17.6 Å². The maximum absolute atomic E-state index is 12.9. The van der Waals surface area contributed by atoms with E-state index in [2.05, 4.69) is 15.6 Å². The number of ether oxygens (including phenoxy) is 3.